The smallest absolute Gasteiger partial charge is 0.239 e. The van der Waals surface area contributed by atoms with Crippen molar-refractivity contribution < 1.29 is 4.79 Å². The third-order valence-corrected chi connectivity index (χ3v) is 1.42. The van der Waals surface area contributed by atoms with E-state index in [0.29, 0.717) is 0 Å². The van der Waals surface area contributed by atoms with E-state index in [4.69, 9.17) is 11.6 Å². The summed E-state index contributed by atoms with van der Waals surface area (Å²) in [4.78, 5) is 10.7. The molecule has 0 unspecified atom stereocenters. The van der Waals surface area contributed by atoms with E-state index in [1.165, 1.54) is 0 Å². The van der Waals surface area contributed by atoms with Crippen LogP contribution >= 0.6 is 11.6 Å². The first kappa shape index (κ1) is 11.3. The second-order valence-electron chi connectivity index (χ2n) is 2.05. The Morgan fingerprint density at radius 2 is 1.92 bits per heavy atom. The Bertz CT molecular complexity index is 240. The van der Waals surface area contributed by atoms with E-state index >= 15 is 0 Å². The van der Waals surface area contributed by atoms with Gasteiger partial charge in [-0.2, -0.15) is 0 Å². The molecule has 1 aromatic rings. The zero-order chi connectivity index (χ0) is 8.10. The first-order valence-electron chi connectivity index (χ1n) is 3.24. The molecule has 2 nitrogen and oxygen atoms in total. The Morgan fingerprint density at radius 3 is 2.42 bits per heavy atom. The number of carbonyl (C=O) groups is 1. The van der Waals surface area contributed by atoms with E-state index in [2.05, 4.69) is 5.32 Å². The van der Waals surface area contributed by atoms with Gasteiger partial charge in [-0.25, -0.2) is 0 Å². The molecule has 12 heavy (non-hydrogen) atoms. The second kappa shape index (κ2) is 5.91. The number of rotatable bonds is 2. The fraction of sp³-hybridized carbons (Fsp3) is 0.125. The van der Waals surface area contributed by atoms with E-state index in [9.17, 15) is 4.79 Å². The van der Waals surface area contributed by atoms with Crippen molar-refractivity contribution in [2.45, 2.75) is 0 Å². The van der Waals surface area contributed by atoms with Crippen molar-refractivity contribution in [3.63, 3.8) is 0 Å². The molecule has 0 fully saturated rings. The molecule has 0 bridgehead atoms. The number of carbonyl (C=O) groups excluding carboxylic acids is 1. The number of hydrogen-bond acceptors (Lipinski definition) is 1. The molecule has 0 saturated carbocycles. The highest BCUT2D eigenvalue weighted by molar-refractivity contribution is 7.37. The van der Waals surface area contributed by atoms with Gasteiger partial charge in [-0.05, 0) is 12.1 Å². The highest BCUT2D eigenvalue weighted by atomic mass is 35.5. The summed E-state index contributed by atoms with van der Waals surface area (Å²) in [5.41, 5.74) is 0.776. The molecule has 0 aromatic heterocycles. The predicted molar refractivity (Wildman–Crippen MR) is 57.3 cm³/mol. The third kappa shape index (κ3) is 3.64. The SMILES string of the molecule is O=C(CCl)Nc1ccccc1.[SH3+]. The van der Waals surface area contributed by atoms with Crippen molar-refractivity contribution in [2.75, 3.05) is 11.2 Å². The average Bonchev–Trinajstić information content (AvgIpc) is 2.06. The quantitative estimate of drug-likeness (QED) is 0.567. The van der Waals surface area contributed by atoms with Gasteiger partial charge in [0.2, 0.25) is 5.91 Å². The summed E-state index contributed by atoms with van der Waals surface area (Å²) >= 11 is 5.29. The molecule has 0 radical (unpaired) electrons. The summed E-state index contributed by atoms with van der Waals surface area (Å²) in [6.45, 7) is 0. The normalized spacial score (nSPS) is 8.42. The fourth-order valence-electron chi connectivity index (χ4n) is 0.716. The van der Waals surface area contributed by atoms with Crippen LogP contribution in [0.5, 0.6) is 0 Å². The van der Waals surface area contributed by atoms with Gasteiger partial charge in [0, 0.05) is 5.69 Å². The average molecular weight is 205 g/mol. The van der Waals surface area contributed by atoms with Gasteiger partial charge in [-0.1, -0.05) is 31.7 Å². The lowest BCUT2D eigenvalue weighted by Gasteiger charge is -2.00. The van der Waals surface area contributed by atoms with Crippen molar-refractivity contribution in [3.8, 4) is 0 Å². The summed E-state index contributed by atoms with van der Waals surface area (Å²) in [5, 5.41) is 2.62. The Morgan fingerprint density at radius 1 is 1.33 bits per heavy atom. The predicted octanol–water partition coefficient (Wildman–Crippen LogP) is 1.06. The van der Waals surface area contributed by atoms with E-state index in [1.807, 2.05) is 30.3 Å². The van der Waals surface area contributed by atoms with E-state index in [1.54, 1.807) is 0 Å². The molecular weight excluding hydrogens is 194 g/mol. The fourth-order valence-corrected chi connectivity index (χ4v) is 0.783. The minimum atomic E-state index is -0.183. The van der Waals surface area contributed by atoms with Gasteiger partial charge in [-0.3, -0.25) is 4.79 Å². The third-order valence-electron chi connectivity index (χ3n) is 1.18. The van der Waals surface area contributed by atoms with E-state index in [-0.39, 0.29) is 25.3 Å². The van der Waals surface area contributed by atoms with Crippen LogP contribution in [0.25, 0.3) is 0 Å². The first-order valence-corrected chi connectivity index (χ1v) is 3.77. The van der Waals surface area contributed by atoms with Crippen LogP contribution in [-0.4, -0.2) is 11.8 Å². The molecule has 0 saturated heterocycles. The molecule has 0 atom stereocenters. The Labute approximate surface area is 83.4 Å². The first-order chi connectivity index (χ1) is 5.33. The number of hydrogen-bond donors (Lipinski definition) is 1. The Balaban J connectivity index is 0.00000121. The molecule has 0 aliphatic rings. The van der Waals surface area contributed by atoms with Gasteiger partial charge in [-0.15, -0.1) is 11.6 Å². The molecule has 4 heteroatoms. The molecule has 0 aliphatic carbocycles. The molecule has 0 heterocycles. The largest absolute Gasteiger partial charge is 0.325 e. The number of amides is 1. The lowest BCUT2D eigenvalue weighted by atomic mass is 10.3. The maximum Gasteiger partial charge on any atom is 0.239 e. The molecular formula is C8H11ClNOS+. The number of benzene rings is 1. The van der Waals surface area contributed by atoms with Crippen LogP contribution in [-0.2, 0) is 18.3 Å². The van der Waals surface area contributed by atoms with Gasteiger partial charge in [0.25, 0.3) is 0 Å². The van der Waals surface area contributed by atoms with Gasteiger partial charge in [0.05, 0.1) is 0 Å². The van der Waals surface area contributed by atoms with Crippen LogP contribution < -0.4 is 5.32 Å². The number of anilines is 1. The lowest BCUT2D eigenvalue weighted by Crippen LogP contribution is -2.12. The van der Waals surface area contributed by atoms with Crippen LogP contribution in [0.15, 0.2) is 30.3 Å². The van der Waals surface area contributed by atoms with Crippen molar-refractivity contribution >= 4 is 36.7 Å². The minimum Gasteiger partial charge on any atom is -0.325 e. The monoisotopic (exact) mass is 204 g/mol. The highest BCUT2D eigenvalue weighted by Gasteiger charge is 1.96. The summed E-state index contributed by atoms with van der Waals surface area (Å²) in [7, 11) is 0. The molecule has 1 N–H and O–H groups in total. The van der Waals surface area contributed by atoms with Crippen LogP contribution in [0.1, 0.15) is 0 Å². The van der Waals surface area contributed by atoms with Crippen molar-refractivity contribution in [3.05, 3.63) is 30.3 Å². The van der Waals surface area contributed by atoms with Crippen molar-refractivity contribution in [1.29, 1.82) is 0 Å². The lowest BCUT2D eigenvalue weighted by molar-refractivity contribution is -0.113. The number of nitrogens with one attached hydrogen (secondary N) is 1. The van der Waals surface area contributed by atoms with E-state index < -0.39 is 0 Å². The maximum atomic E-state index is 10.7. The van der Waals surface area contributed by atoms with Gasteiger partial charge in [0.1, 0.15) is 5.88 Å². The zero-order valence-corrected chi connectivity index (χ0v) is 8.37. The summed E-state index contributed by atoms with van der Waals surface area (Å²) in [6, 6.07) is 9.21. The second-order valence-corrected chi connectivity index (χ2v) is 2.32. The Hall–Kier alpha value is -0.670. The van der Waals surface area contributed by atoms with Crippen molar-refractivity contribution in [1.82, 2.24) is 0 Å². The standard InChI is InChI=1S/C8H8ClNO.H2S/c9-6-8(11)10-7-4-2-1-3-5-7;/h1-5H,6H2,(H,10,11);1H2/p+1. The van der Waals surface area contributed by atoms with Crippen LogP contribution in [0.2, 0.25) is 0 Å². The van der Waals surface area contributed by atoms with Gasteiger partial charge in [0.15, 0.2) is 0 Å². The molecule has 66 valence electrons. The topological polar surface area (TPSA) is 29.1 Å². The van der Waals surface area contributed by atoms with Crippen LogP contribution in [0, 0.1) is 0 Å². The molecule has 0 aliphatic heterocycles. The van der Waals surface area contributed by atoms with Gasteiger partial charge < -0.3 is 5.32 Å². The minimum absolute atomic E-state index is 0. The van der Waals surface area contributed by atoms with Crippen molar-refractivity contribution in [2.24, 2.45) is 0 Å². The molecule has 0 spiro atoms. The summed E-state index contributed by atoms with van der Waals surface area (Å²) in [6.07, 6.45) is 0. The molecule has 1 rings (SSSR count). The number of para-hydroxylation sites is 1. The summed E-state index contributed by atoms with van der Waals surface area (Å²) in [5.74, 6) is -0.188. The Kier molecular flexibility index (Phi) is 5.58. The summed E-state index contributed by atoms with van der Waals surface area (Å²) < 4.78 is 0. The zero-order valence-electron chi connectivity index (χ0n) is 6.46. The number of alkyl halides is 1. The van der Waals surface area contributed by atoms with Crippen LogP contribution in [0.3, 0.4) is 0 Å². The van der Waals surface area contributed by atoms with Gasteiger partial charge >= 0.3 is 0 Å². The maximum absolute atomic E-state index is 10.7. The highest BCUT2D eigenvalue weighted by Crippen LogP contribution is 2.04. The molecule has 1 amide bonds. The van der Waals surface area contributed by atoms with Crippen LogP contribution in [0.4, 0.5) is 5.69 Å². The number of halogens is 1. The molecule has 1 aromatic carbocycles. The van der Waals surface area contributed by atoms with E-state index in [0.717, 1.165) is 5.69 Å².